The number of oxime groups is 2. The number of aromatic nitrogens is 2. The smallest absolute Gasteiger partial charge is 0.399 e. The van der Waals surface area contributed by atoms with Crippen LogP contribution in [0.4, 0.5) is 13.2 Å². The van der Waals surface area contributed by atoms with E-state index < -0.39 is 11.7 Å². The molecule has 2 aromatic rings. The van der Waals surface area contributed by atoms with E-state index in [2.05, 4.69) is 20.3 Å². The quantitative estimate of drug-likeness (QED) is 0.341. The van der Waals surface area contributed by atoms with Gasteiger partial charge in [0.15, 0.2) is 0 Å². The van der Waals surface area contributed by atoms with Crippen LogP contribution in [0.1, 0.15) is 42.9 Å². The number of hydrogen-bond acceptors (Lipinski definition) is 6. The van der Waals surface area contributed by atoms with Crippen LogP contribution in [0.15, 0.2) is 40.8 Å². The van der Waals surface area contributed by atoms with E-state index in [0.717, 1.165) is 17.5 Å². The van der Waals surface area contributed by atoms with E-state index in [4.69, 9.17) is 21.3 Å². The zero-order valence-electron chi connectivity index (χ0n) is 16.1. The second-order valence-corrected chi connectivity index (χ2v) is 6.45. The van der Waals surface area contributed by atoms with Crippen LogP contribution in [0.3, 0.4) is 0 Å². The highest BCUT2D eigenvalue weighted by Gasteiger charge is 2.31. The van der Waals surface area contributed by atoms with E-state index in [9.17, 15) is 13.2 Å². The Morgan fingerprint density at radius 1 is 1.17 bits per heavy atom. The van der Waals surface area contributed by atoms with E-state index in [-0.39, 0.29) is 16.4 Å². The predicted octanol–water partition coefficient (Wildman–Crippen LogP) is 4.89. The van der Waals surface area contributed by atoms with E-state index in [0.29, 0.717) is 31.4 Å². The Balaban J connectivity index is 1.89. The van der Waals surface area contributed by atoms with E-state index in [1.54, 1.807) is 13.8 Å². The van der Waals surface area contributed by atoms with Crippen LogP contribution in [0, 0.1) is 0 Å². The fraction of sp³-hybridized carbons (Fsp3) is 0.368. The normalized spacial score (nSPS) is 12.8. The van der Waals surface area contributed by atoms with Crippen molar-refractivity contribution in [2.75, 3.05) is 13.7 Å². The molecule has 0 aliphatic heterocycles. The number of hydrogen-bond donors (Lipinski definition) is 0. The van der Waals surface area contributed by atoms with Crippen LogP contribution >= 0.6 is 11.6 Å². The van der Waals surface area contributed by atoms with Gasteiger partial charge in [-0.3, -0.25) is 9.97 Å². The third-order valence-corrected chi connectivity index (χ3v) is 4.08. The third-order valence-electron chi connectivity index (χ3n) is 3.79. The van der Waals surface area contributed by atoms with Crippen molar-refractivity contribution in [2.45, 2.75) is 32.9 Å². The largest absolute Gasteiger partial charge is 0.417 e. The number of pyridine rings is 2. The second-order valence-electron chi connectivity index (χ2n) is 6.04. The molecule has 0 aliphatic carbocycles. The first-order valence-electron chi connectivity index (χ1n) is 8.66. The minimum Gasteiger partial charge on any atom is -0.399 e. The van der Waals surface area contributed by atoms with Gasteiger partial charge in [0, 0.05) is 11.9 Å². The molecule has 0 saturated carbocycles. The van der Waals surface area contributed by atoms with Crippen LogP contribution < -0.4 is 0 Å². The predicted molar refractivity (Wildman–Crippen MR) is 104 cm³/mol. The number of alkyl halides is 3. The Kier molecular flexibility index (Phi) is 7.95. The highest BCUT2D eigenvalue weighted by Crippen LogP contribution is 2.31. The number of nitrogens with zero attached hydrogens (tertiary/aromatic N) is 4. The van der Waals surface area contributed by atoms with Gasteiger partial charge in [-0.15, -0.1) is 0 Å². The van der Waals surface area contributed by atoms with Crippen molar-refractivity contribution in [2.24, 2.45) is 10.3 Å². The molecule has 156 valence electrons. The number of halogens is 4. The highest BCUT2D eigenvalue weighted by molar-refractivity contribution is 6.33. The summed E-state index contributed by atoms with van der Waals surface area (Å²) in [6, 6.07) is 6.43. The molecule has 0 saturated heterocycles. The van der Waals surface area contributed by atoms with Crippen molar-refractivity contribution in [3.8, 4) is 0 Å². The zero-order valence-corrected chi connectivity index (χ0v) is 16.9. The highest BCUT2D eigenvalue weighted by atomic mass is 35.5. The summed E-state index contributed by atoms with van der Waals surface area (Å²) in [4.78, 5) is 18.2. The molecule has 2 aromatic heterocycles. The van der Waals surface area contributed by atoms with Gasteiger partial charge in [0.05, 0.1) is 16.3 Å². The van der Waals surface area contributed by atoms with Gasteiger partial charge in [-0.1, -0.05) is 28.0 Å². The Hall–Kier alpha value is -2.68. The monoisotopic (exact) mass is 428 g/mol. The molecular weight excluding hydrogens is 409 g/mol. The summed E-state index contributed by atoms with van der Waals surface area (Å²) in [5.74, 6) is 0. The summed E-state index contributed by atoms with van der Waals surface area (Å²) in [6.45, 7) is 3.66. The van der Waals surface area contributed by atoms with Crippen molar-refractivity contribution >= 4 is 23.0 Å². The first-order chi connectivity index (χ1) is 13.7. The summed E-state index contributed by atoms with van der Waals surface area (Å²) in [7, 11) is 1.47. The summed E-state index contributed by atoms with van der Waals surface area (Å²) >= 11 is 5.89. The summed E-state index contributed by atoms with van der Waals surface area (Å²) in [5.41, 5.74) is 1.77. The van der Waals surface area contributed by atoms with Crippen LogP contribution in [0.2, 0.25) is 5.02 Å². The average molecular weight is 429 g/mol. The van der Waals surface area contributed by atoms with Gasteiger partial charge in [0.2, 0.25) is 0 Å². The minimum atomic E-state index is -4.50. The lowest BCUT2D eigenvalue weighted by molar-refractivity contribution is -0.137. The molecule has 10 heteroatoms. The third kappa shape index (κ3) is 6.70. The van der Waals surface area contributed by atoms with Crippen LogP contribution in [-0.2, 0) is 22.3 Å². The Labute approximate surface area is 171 Å². The Morgan fingerprint density at radius 2 is 1.93 bits per heavy atom. The summed E-state index contributed by atoms with van der Waals surface area (Å²) < 4.78 is 38.0. The average Bonchev–Trinajstić information content (AvgIpc) is 2.67. The van der Waals surface area contributed by atoms with Gasteiger partial charge in [-0.2, -0.15) is 13.2 Å². The lowest BCUT2D eigenvalue weighted by Gasteiger charge is -2.09. The molecule has 6 nitrogen and oxygen atoms in total. The molecule has 0 N–H and O–H groups in total. The Morgan fingerprint density at radius 3 is 2.59 bits per heavy atom. The molecule has 0 unspecified atom stereocenters. The maximum Gasteiger partial charge on any atom is 0.417 e. The van der Waals surface area contributed by atoms with Gasteiger partial charge in [0.1, 0.15) is 30.8 Å². The van der Waals surface area contributed by atoms with Gasteiger partial charge >= 0.3 is 6.18 Å². The van der Waals surface area contributed by atoms with Crippen molar-refractivity contribution in [1.82, 2.24) is 9.97 Å². The molecule has 0 bridgehead atoms. The van der Waals surface area contributed by atoms with Crippen LogP contribution in [-0.4, -0.2) is 35.1 Å². The van der Waals surface area contributed by atoms with E-state index in [1.807, 2.05) is 18.2 Å². The minimum absolute atomic E-state index is 0.140. The topological polar surface area (TPSA) is 69.0 Å². The first-order valence-corrected chi connectivity index (χ1v) is 9.04. The standard InChI is InChI=1S/C19H20ClF3N4O2/c1-12(26-28-3)17-8-4-6-15(25-17)7-5-9-29-27-13(2)18-16(20)10-14(11-24-18)19(21,22)23/h4,6,8,10-11H,5,7,9H2,1-3H3. The van der Waals surface area contributed by atoms with Crippen molar-refractivity contribution in [1.29, 1.82) is 0 Å². The summed E-state index contributed by atoms with van der Waals surface area (Å²) in [5, 5.41) is 7.59. The maximum atomic E-state index is 12.7. The fourth-order valence-corrected chi connectivity index (χ4v) is 2.67. The lowest BCUT2D eigenvalue weighted by Crippen LogP contribution is -2.09. The van der Waals surface area contributed by atoms with Crippen LogP contribution in [0.25, 0.3) is 0 Å². The molecule has 0 spiro atoms. The molecule has 0 radical (unpaired) electrons. The summed E-state index contributed by atoms with van der Waals surface area (Å²) in [6.07, 6.45) is -2.49. The molecule has 0 atom stereocenters. The zero-order chi connectivity index (χ0) is 21.4. The van der Waals surface area contributed by atoms with Gasteiger partial charge in [0.25, 0.3) is 0 Å². The van der Waals surface area contributed by atoms with Gasteiger partial charge in [-0.05, 0) is 44.9 Å². The van der Waals surface area contributed by atoms with Gasteiger partial charge < -0.3 is 9.68 Å². The molecule has 29 heavy (non-hydrogen) atoms. The van der Waals surface area contributed by atoms with Gasteiger partial charge in [-0.25, -0.2) is 0 Å². The molecule has 2 rings (SSSR count). The van der Waals surface area contributed by atoms with E-state index >= 15 is 0 Å². The maximum absolute atomic E-state index is 12.7. The van der Waals surface area contributed by atoms with Crippen molar-refractivity contribution in [3.05, 3.63) is 58.1 Å². The lowest BCUT2D eigenvalue weighted by atomic mass is 10.2. The van der Waals surface area contributed by atoms with Crippen molar-refractivity contribution in [3.63, 3.8) is 0 Å². The molecule has 0 aliphatic rings. The van der Waals surface area contributed by atoms with E-state index in [1.165, 1.54) is 7.11 Å². The number of aryl methyl sites for hydroxylation is 1. The second kappa shape index (κ2) is 10.2. The van der Waals surface area contributed by atoms with Crippen LogP contribution in [0.5, 0.6) is 0 Å². The molecule has 0 amide bonds. The molecule has 0 fully saturated rings. The Bertz CT molecular complexity index is 901. The van der Waals surface area contributed by atoms with Crippen molar-refractivity contribution < 1.29 is 22.8 Å². The SMILES string of the molecule is CON=C(C)c1cccc(CCCON=C(C)c2ncc(C(F)(F)F)cc2Cl)n1. The molecule has 0 aromatic carbocycles. The molecular formula is C19H20ClF3N4O2. The molecule has 2 heterocycles. The fourth-order valence-electron chi connectivity index (χ4n) is 2.37. The first kappa shape index (κ1) is 22.6. The number of rotatable bonds is 8.